The fourth-order valence-electron chi connectivity index (χ4n) is 1.97. The van der Waals surface area contributed by atoms with E-state index in [-0.39, 0.29) is 6.42 Å². The maximum atomic E-state index is 11.9. The van der Waals surface area contributed by atoms with Crippen LogP contribution in [-0.4, -0.2) is 74.2 Å². The van der Waals surface area contributed by atoms with Crippen molar-refractivity contribution in [3.63, 3.8) is 0 Å². The van der Waals surface area contributed by atoms with E-state index in [0.29, 0.717) is 5.56 Å². The third-order valence-electron chi connectivity index (χ3n) is 3.40. The van der Waals surface area contributed by atoms with Crippen molar-refractivity contribution in [2.75, 3.05) is 6.61 Å². The van der Waals surface area contributed by atoms with Gasteiger partial charge in [-0.05, 0) is 12.0 Å². The first-order chi connectivity index (χ1) is 10.8. The van der Waals surface area contributed by atoms with Gasteiger partial charge in [-0.15, -0.1) is 0 Å². The second kappa shape index (κ2) is 8.82. The molecule has 0 bridgehead atoms. The van der Waals surface area contributed by atoms with Crippen molar-refractivity contribution in [3.8, 4) is 0 Å². The number of hydrogen-bond donors (Lipinski definition) is 6. The first kappa shape index (κ1) is 19.4. The van der Waals surface area contributed by atoms with Gasteiger partial charge in [0.25, 0.3) is 0 Å². The van der Waals surface area contributed by atoms with Gasteiger partial charge in [-0.25, -0.2) is 0 Å². The van der Waals surface area contributed by atoms with Crippen molar-refractivity contribution in [1.82, 2.24) is 0 Å². The molecule has 5 atom stereocenters. The summed E-state index contributed by atoms with van der Waals surface area (Å²) in [6.07, 6.45) is -8.06. The Morgan fingerprint density at radius 2 is 1.52 bits per heavy atom. The molecule has 0 aromatic heterocycles. The van der Waals surface area contributed by atoms with Gasteiger partial charge in [-0.3, -0.25) is 9.59 Å². The van der Waals surface area contributed by atoms with Crippen molar-refractivity contribution in [2.45, 2.75) is 36.9 Å². The van der Waals surface area contributed by atoms with Crippen LogP contribution in [-0.2, 0) is 16.0 Å². The topological polar surface area (TPSA) is 161 Å². The van der Waals surface area contributed by atoms with Crippen LogP contribution in [0.2, 0.25) is 0 Å². The highest BCUT2D eigenvalue weighted by Crippen LogP contribution is 2.09. The molecule has 23 heavy (non-hydrogen) atoms. The summed E-state index contributed by atoms with van der Waals surface area (Å²) in [6.45, 7) is -0.888. The molecule has 8 nitrogen and oxygen atoms in total. The lowest BCUT2D eigenvalue weighted by molar-refractivity contribution is -0.154. The van der Waals surface area contributed by atoms with E-state index in [0.717, 1.165) is 0 Å². The number of ketones is 2. The Morgan fingerprint density at radius 1 is 0.957 bits per heavy atom. The molecule has 8 heteroatoms. The van der Waals surface area contributed by atoms with E-state index < -0.39 is 48.6 Å². The predicted octanol–water partition coefficient (Wildman–Crippen LogP) is -2.87. The highest BCUT2D eigenvalue weighted by atomic mass is 16.4. The second-order valence-corrected chi connectivity index (χ2v) is 5.20. The normalized spacial score (nSPS) is 17.8. The van der Waals surface area contributed by atoms with E-state index >= 15 is 0 Å². The van der Waals surface area contributed by atoms with Crippen molar-refractivity contribution in [3.05, 3.63) is 35.9 Å². The molecule has 0 aliphatic carbocycles. The maximum absolute atomic E-state index is 11.9. The zero-order valence-corrected chi connectivity index (χ0v) is 12.3. The number of carbonyl (C=O) groups is 2. The molecule has 1 aromatic carbocycles. The summed E-state index contributed by atoms with van der Waals surface area (Å²) in [5, 5.41) is 46.5. The van der Waals surface area contributed by atoms with E-state index in [1.54, 1.807) is 30.3 Å². The number of Topliss-reactive ketones (excluding diaryl/α,β-unsaturated/α-hetero) is 2. The number of carbonyl (C=O) groups excluding carboxylic acids is 2. The minimum atomic E-state index is -2.25. The quantitative estimate of drug-likeness (QED) is 0.264. The molecule has 0 heterocycles. The van der Waals surface area contributed by atoms with Crippen LogP contribution in [0, 0.1) is 0 Å². The Labute approximate surface area is 132 Å². The van der Waals surface area contributed by atoms with Crippen LogP contribution in [0.1, 0.15) is 5.56 Å². The molecule has 1 aromatic rings. The highest BCUT2D eigenvalue weighted by molar-refractivity contribution is 6.40. The van der Waals surface area contributed by atoms with E-state index in [2.05, 4.69) is 0 Å². The van der Waals surface area contributed by atoms with Gasteiger partial charge in [0.05, 0.1) is 12.6 Å². The van der Waals surface area contributed by atoms with Gasteiger partial charge < -0.3 is 31.3 Å². The summed E-state index contributed by atoms with van der Waals surface area (Å²) in [4.78, 5) is 23.8. The van der Waals surface area contributed by atoms with Crippen LogP contribution in [0.3, 0.4) is 0 Å². The largest absolute Gasteiger partial charge is 0.394 e. The van der Waals surface area contributed by atoms with Crippen LogP contribution in [0.5, 0.6) is 0 Å². The fraction of sp³-hybridized carbons (Fsp3) is 0.467. The average Bonchev–Trinajstić information content (AvgIpc) is 2.58. The molecule has 0 aliphatic heterocycles. The summed E-state index contributed by atoms with van der Waals surface area (Å²) in [7, 11) is 0. The number of nitrogens with two attached hydrogens (primary N) is 1. The van der Waals surface area contributed by atoms with E-state index in [9.17, 15) is 30.0 Å². The van der Waals surface area contributed by atoms with Crippen molar-refractivity contribution >= 4 is 11.6 Å². The smallest absolute Gasteiger partial charge is 0.231 e. The molecule has 0 amide bonds. The minimum absolute atomic E-state index is 0.0655. The highest BCUT2D eigenvalue weighted by Gasteiger charge is 2.38. The molecular formula is C15H21NO7. The van der Waals surface area contributed by atoms with Gasteiger partial charge in [-0.2, -0.15) is 0 Å². The summed E-state index contributed by atoms with van der Waals surface area (Å²) in [6, 6.07) is 7.45. The monoisotopic (exact) mass is 327 g/mol. The molecule has 0 saturated carbocycles. The lowest BCUT2D eigenvalue weighted by atomic mass is 9.94. The van der Waals surface area contributed by atoms with Gasteiger partial charge >= 0.3 is 0 Å². The molecule has 1 rings (SSSR count). The van der Waals surface area contributed by atoms with Crippen LogP contribution in [0.4, 0.5) is 0 Å². The molecular weight excluding hydrogens is 306 g/mol. The lowest BCUT2D eigenvalue weighted by Crippen LogP contribution is -2.52. The summed E-state index contributed by atoms with van der Waals surface area (Å²) < 4.78 is 0. The SMILES string of the molecule is N[C@@H](Cc1ccccc1)C(=O)C(=O)[C@H](O)[C@@H](O)[C@H](O)[C@H](O)CO. The van der Waals surface area contributed by atoms with Gasteiger partial charge in [0.15, 0.2) is 0 Å². The van der Waals surface area contributed by atoms with Crippen LogP contribution in [0.25, 0.3) is 0 Å². The number of aliphatic hydroxyl groups is 5. The Hall–Kier alpha value is -1.68. The first-order valence-electron chi connectivity index (χ1n) is 7.00. The lowest BCUT2D eigenvalue weighted by Gasteiger charge is -2.25. The Morgan fingerprint density at radius 3 is 2.04 bits per heavy atom. The van der Waals surface area contributed by atoms with Gasteiger partial charge in [0, 0.05) is 0 Å². The number of rotatable bonds is 9. The van der Waals surface area contributed by atoms with E-state index in [4.69, 9.17) is 10.8 Å². The standard InChI is InChI=1S/C15H21NO7/c16-9(6-8-4-2-1-3-5-8)11(19)13(21)15(23)14(22)12(20)10(18)7-17/h1-5,9-10,12,14-15,17-18,20,22-23H,6-7,16H2/t9-,10+,12+,14-,15-/m0/s1. The molecule has 0 spiro atoms. The first-order valence-corrected chi connectivity index (χ1v) is 7.00. The Balaban J connectivity index is 2.69. The predicted molar refractivity (Wildman–Crippen MR) is 79.2 cm³/mol. The van der Waals surface area contributed by atoms with Crippen LogP contribution in [0.15, 0.2) is 30.3 Å². The average molecular weight is 327 g/mol. The van der Waals surface area contributed by atoms with Crippen molar-refractivity contribution in [1.29, 1.82) is 0 Å². The second-order valence-electron chi connectivity index (χ2n) is 5.20. The molecule has 0 radical (unpaired) electrons. The molecule has 128 valence electrons. The summed E-state index contributed by atoms with van der Waals surface area (Å²) in [5.41, 5.74) is 6.35. The summed E-state index contributed by atoms with van der Waals surface area (Å²) in [5.74, 6) is -2.48. The zero-order valence-electron chi connectivity index (χ0n) is 12.3. The minimum Gasteiger partial charge on any atom is -0.394 e. The van der Waals surface area contributed by atoms with Gasteiger partial charge in [0.2, 0.25) is 11.6 Å². The van der Waals surface area contributed by atoms with Crippen molar-refractivity contribution < 1.29 is 35.1 Å². The molecule has 0 saturated heterocycles. The molecule has 0 aliphatic rings. The van der Waals surface area contributed by atoms with Gasteiger partial charge in [-0.1, -0.05) is 30.3 Å². The van der Waals surface area contributed by atoms with Crippen molar-refractivity contribution in [2.24, 2.45) is 5.73 Å². The molecule has 7 N–H and O–H groups in total. The van der Waals surface area contributed by atoms with Crippen LogP contribution >= 0.6 is 0 Å². The number of benzene rings is 1. The Kier molecular flexibility index (Phi) is 7.43. The fourth-order valence-corrected chi connectivity index (χ4v) is 1.97. The molecule has 0 unspecified atom stereocenters. The third kappa shape index (κ3) is 5.17. The maximum Gasteiger partial charge on any atom is 0.231 e. The van der Waals surface area contributed by atoms with E-state index in [1.807, 2.05) is 0 Å². The van der Waals surface area contributed by atoms with E-state index in [1.165, 1.54) is 0 Å². The van der Waals surface area contributed by atoms with Gasteiger partial charge in [0.1, 0.15) is 24.4 Å². The Bertz CT molecular complexity index is 522. The zero-order chi connectivity index (χ0) is 17.6. The summed E-state index contributed by atoms with van der Waals surface area (Å²) >= 11 is 0. The number of hydrogen-bond acceptors (Lipinski definition) is 8. The number of aliphatic hydroxyl groups excluding tert-OH is 5. The third-order valence-corrected chi connectivity index (χ3v) is 3.40. The van der Waals surface area contributed by atoms with Crippen LogP contribution < -0.4 is 5.73 Å². The molecule has 0 fully saturated rings.